The molecule has 0 saturated heterocycles. The zero-order valence-electron chi connectivity index (χ0n) is 16.9. The van der Waals surface area contributed by atoms with Gasteiger partial charge in [-0.3, -0.25) is 14.6 Å². The second kappa shape index (κ2) is 8.59. The SMILES string of the molecule is CCCOC(=O)C1C(C)=NC2=C(C(=O)CCC2)[C@@H]1c1ccc(OC)c(OC)c1. The van der Waals surface area contributed by atoms with Gasteiger partial charge >= 0.3 is 5.97 Å². The summed E-state index contributed by atoms with van der Waals surface area (Å²) in [4.78, 5) is 30.4. The predicted octanol–water partition coefficient (Wildman–Crippen LogP) is 3.84. The molecule has 2 aliphatic rings. The highest BCUT2D eigenvalue weighted by Gasteiger charge is 2.43. The minimum absolute atomic E-state index is 0.0607. The highest BCUT2D eigenvalue weighted by molar-refractivity contribution is 6.08. The molecule has 0 bridgehead atoms. The number of allylic oxidation sites excluding steroid dienone is 2. The molecule has 0 N–H and O–H groups in total. The minimum atomic E-state index is -0.620. The van der Waals surface area contributed by atoms with Crippen molar-refractivity contribution in [2.45, 2.75) is 45.4 Å². The molecule has 3 rings (SSSR count). The Balaban J connectivity index is 2.13. The molecule has 1 aliphatic carbocycles. The normalized spacial score (nSPS) is 21.7. The molecule has 0 saturated carbocycles. The Labute approximate surface area is 165 Å². The van der Waals surface area contributed by atoms with Gasteiger partial charge in [0.1, 0.15) is 5.92 Å². The molecule has 1 heterocycles. The van der Waals surface area contributed by atoms with Crippen molar-refractivity contribution in [2.75, 3.05) is 20.8 Å². The maximum atomic E-state index is 12.9. The first-order valence-electron chi connectivity index (χ1n) is 9.71. The van der Waals surface area contributed by atoms with E-state index in [1.165, 1.54) is 0 Å². The predicted molar refractivity (Wildman–Crippen MR) is 106 cm³/mol. The fourth-order valence-corrected chi connectivity index (χ4v) is 4.01. The summed E-state index contributed by atoms with van der Waals surface area (Å²) in [6.45, 7) is 4.14. The molecule has 0 spiro atoms. The lowest BCUT2D eigenvalue weighted by molar-refractivity contribution is -0.146. The number of methoxy groups -OCH3 is 2. The van der Waals surface area contributed by atoms with Crippen molar-refractivity contribution in [3.05, 3.63) is 35.0 Å². The minimum Gasteiger partial charge on any atom is -0.493 e. The molecule has 0 amide bonds. The molecular weight excluding hydrogens is 358 g/mol. The zero-order chi connectivity index (χ0) is 20.3. The van der Waals surface area contributed by atoms with Gasteiger partial charge in [0.15, 0.2) is 17.3 Å². The van der Waals surface area contributed by atoms with Crippen LogP contribution in [0, 0.1) is 5.92 Å². The molecule has 1 unspecified atom stereocenters. The first kappa shape index (κ1) is 20.1. The molecule has 1 aromatic carbocycles. The largest absolute Gasteiger partial charge is 0.493 e. The molecule has 28 heavy (non-hydrogen) atoms. The van der Waals surface area contributed by atoms with E-state index >= 15 is 0 Å². The quantitative estimate of drug-likeness (QED) is 0.696. The number of esters is 1. The third-order valence-electron chi connectivity index (χ3n) is 5.30. The smallest absolute Gasteiger partial charge is 0.315 e. The van der Waals surface area contributed by atoms with Gasteiger partial charge in [-0.1, -0.05) is 13.0 Å². The molecule has 0 fully saturated rings. The lowest BCUT2D eigenvalue weighted by atomic mass is 9.71. The number of carbonyl (C=O) groups excluding carboxylic acids is 2. The van der Waals surface area contributed by atoms with Crippen LogP contribution >= 0.6 is 0 Å². The standard InChI is InChI=1S/C22H27NO5/c1-5-11-28-22(25)19-13(2)23-15-7-6-8-16(24)21(15)20(19)14-9-10-17(26-3)18(12-14)27-4/h9-10,12,19-20H,5-8,11H2,1-4H3/t19?,20-/m1/s1. The fraction of sp³-hybridized carbons (Fsp3) is 0.500. The van der Waals surface area contributed by atoms with E-state index in [1.807, 2.05) is 26.0 Å². The van der Waals surface area contributed by atoms with Gasteiger partial charge in [-0.05, 0) is 43.9 Å². The van der Waals surface area contributed by atoms with Crippen LogP contribution in [0.4, 0.5) is 0 Å². The third-order valence-corrected chi connectivity index (χ3v) is 5.30. The molecule has 0 radical (unpaired) electrons. The number of aliphatic imine (C=N–C) groups is 1. The van der Waals surface area contributed by atoms with Crippen LogP contribution in [0.25, 0.3) is 0 Å². The van der Waals surface area contributed by atoms with Crippen molar-refractivity contribution in [1.82, 2.24) is 0 Å². The second-order valence-corrected chi connectivity index (χ2v) is 7.13. The van der Waals surface area contributed by atoms with Crippen LogP contribution in [0.1, 0.15) is 51.0 Å². The van der Waals surface area contributed by atoms with E-state index in [1.54, 1.807) is 20.3 Å². The lowest BCUT2D eigenvalue weighted by Crippen LogP contribution is -2.37. The summed E-state index contributed by atoms with van der Waals surface area (Å²) in [5.41, 5.74) is 2.96. The highest BCUT2D eigenvalue weighted by atomic mass is 16.5. The van der Waals surface area contributed by atoms with E-state index < -0.39 is 11.8 Å². The van der Waals surface area contributed by atoms with E-state index in [-0.39, 0.29) is 11.8 Å². The van der Waals surface area contributed by atoms with Gasteiger partial charge in [0.05, 0.1) is 20.8 Å². The molecule has 1 aromatic rings. The molecule has 1 aliphatic heterocycles. The summed E-state index contributed by atoms with van der Waals surface area (Å²) in [5, 5.41) is 0. The topological polar surface area (TPSA) is 74.2 Å². The lowest BCUT2D eigenvalue weighted by Gasteiger charge is -2.34. The van der Waals surface area contributed by atoms with Crippen molar-refractivity contribution >= 4 is 17.5 Å². The molecule has 0 aromatic heterocycles. The van der Waals surface area contributed by atoms with Crippen molar-refractivity contribution in [3.63, 3.8) is 0 Å². The van der Waals surface area contributed by atoms with Crippen molar-refractivity contribution in [2.24, 2.45) is 10.9 Å². The Hall–Kier alpha value is -2.63. The van der Waals surface area contributed by atoms with Crippen molar-refractivity contribution in [1.29, 1.82) is 0 Å². The number of ether oxygens (including phenoxy) is 3. The van der Waals surface area contributed by atoms with Crippen LogP contribution in [0.5, 0.6) is 11.5 Å². The van der Waals surface area contributed by atoms with Crippen LogP contribution in [-0.4, -0.2) is 38.3 Å². The summed E-state index contributed by atoms with van der Waals surface area (Å²) in [6.07, 6.45) is 2.76. The van der Waals surface area contributed by atoms with E-state index in [0.29, 0.717) is 35.8 Å². The molecule has 6 heteroatoms. The number of Topliss-reactive ketones (excluding diaryl/α,β-unsaturated/α-hetero) is 1. The average Bonchev–Trinajstić information content (AvgIpc) is 2.70. The van der Waals surface area contributed by atoms with Crippen LogP contribution in [0.3, 0.4) is 0 Å². The maximum absolute atomic E-state index is 12.9. The monoisotopic (exact) mass is 385 g/mol. The average molecular weight is 385 g/mol. The van der Waals surface area contributed by atoms with Crippen molar-refractivity contribution in [3.8, 4) is 11.5 Å². The van der Waals surface area contributed by atoms with Gasteiger partial charge in [0.2, 0.25) is 0 Å². The number of hydrogen-bond acceptors (Lipinski definition) is 6. The Morgan fingerprint density at radius 1 is 1.18 bits per heavy atom. The van der Waals surface area contributed by atoms with E-state index in [2.05, 4.69) is 4.99 Å². The fourth-order valence-electron chi connectivity index (χ4n) is 4.01. The first-order chi connectivity index (χ1) is 13.5. The molecule has 2 atom stereocenters. The Kier molecular flexibility index (Phi) is 6.17. The molecule has 6 nitrogen and oxygen atoms in total. The van der Waals surface area contributed by atoms with Gasteiger partial charge in [-0.25, -0.2) is 0 Å². The third kappa shape index (κ3) is 3.68. The molecule has 150 valence electrons. The number of carbonyl (C=O) groups is 2. The maximum Gasteiger partial charge on any atom is 0.315 e. The van der Waals surface area contributed by atoms with Crippen molar-refractivity contribution < 1.29 is 23.8 Å². The Bertz CT molecular complexity index is 839. The van der Waals surface area contributed by atoms with E-state index in [4.69, 9.17) is 14.2 Å². The first-order valence-corrected chi connectivity index (χ1v) is 9.71. The second-order valence-electron chi connectivity index (χ2n) is 7.13. The number of benzene rings is 1. The van der Waals surface area contributed by atoms with E-state index in [9.17, 15) is 9.59 Å². The number of ketones is 1. The van der Waals surface area contributed by atoms with Crippen LogP contribution in [0.2, 0.25) is 0 Å². The summed E-state index contributed by atoms with van der Waals surface area (Å²) < 4.78 is 16.2. The van der Waals surface area contributed by atoms with Gasteiger partial charge in [-0.15, -0.1) is 0 Å². The van der Waals surface area contributed by atoms with Gasteiger partial charge in [0, 0.05) is 29.3 Å². The summed E-state index contributed by atoms with van der Waals surface area (Å²) in [6, 6.07) is 5.53. The van der Waals surface area contributed by atoms with Crippen LogP contribution in [0.15, 0.2) is 34.5 Å². The highest BCUT2D eigenvalue weighted by Crippen LogP contribution is 2.45. The number of nitrogens with zero attached hydrogens (tertiary/aromatic N) is 1. The number of hydrogen-bond donors (Lipinski definition) is 0. The zero-order valence-corrected chi connectivity index (χ0v) is 16.9. The van der Waals surface area contributed by atoms with Gasteiger partial charge < -0.3 is 14.2 Å². The summed E-state index contributed by atoms with van der Waals surface area (Å²) in [5.74, 6) is -0.165. The number of rotatable bonds is 6. The van der Waals surface area contributed by atoms with Crippen LogP contribution in [-0.2, 0) is 14.3 Å². The van der Waals surface area contributed by atoms with Gasteiger partial charge in [0.25, 0.3) is 0 Å². The van der Waals surface area contributed by atoms with E-state index in [0.717, 1.165) is 30.5 Å². The summed E-state index contributed by atoms with van der Waals surface area (Å²) in [7, 11) is 3.14. The Morgan fingerprint density at radius 2 is 1.93 bits per heavy atom. The van der Waals surface area contributed by atoms with Crippen LogP contribution < -0.4 is 9.47 Å². The molecular formula is C22H27NO5. The summed E-state index contributed by atoms with van der Waals surface area (Å²) >= 11 is 0. The Morgan fingerprint density at radius 3 is 2.61 bits per heavy atom. The van der Waals surface area contributed by atoms with Gasteiger partial charge in [-0.2, -0.15) is 0 Å².